The van der Waals surface area contributed by atoms with Gasteiger partial charge >= 0.3 is 0 Å². The predicted molar refractivity (Wildman–Crippen MR) is 82.9 cm³/mol. The second kappa shape index (κ2) is 5.76. The average Bonchev–Trinajstić information content (AvgIpc) is 2.47. The summed E-state index contributed by atoms with van der Waals surface area (Å²) in [5.41, 5.74) is 1.85. The summed E-state index contributed by atoms with van der Waals surface area (Å²) < 4.78 is 26.3. The molecule has 6 heteroatoms. The molecule has 2 aromatic rings. The highest BCUT2D eigenvalue weighted by atomic mass is 35.5. The molecule has 108 valence electrons. The first-order chi connectivity index (χ1) is 9.86. The van der Waals surface area contributed by atoms with Gasteiger partial charge in [0.25, 0.3) is 10.0 Å². The zero-order chi connectivity index (χ0) is 15.6. The topological polar surface area (TPSA) is 61.2 Å². The molecule has 2 aromatic carbocycles. The summed E-state index contributed by atoms with van der Waals surface area (Å²) in [6.07, 6.45) is 0. The Morgan fingerprint density at radius 2 is 1.76 bits per heavy atom. The molecule has 0 N–H and O–H groups in total. The molecule has 0 aromatic heterocycles. The zero-order valence-corrected chi connectivity index (χ0v) is 13.1. The van der Waals surface area contributed by atoms with E-state index in [0.717, 1.165) is 5.56 Å². The molecular weight excluding hydrogens is 308 g/mol. The predicted octanol–water partition coefficient (Wildman–Crippen LogP) is 3.35. The molecule has 21 heavy (non-hydrogen) atoms. The Kier molecular flexibility index (Phi) is 4.21. The Morgan fingerprint density at radius 1 is 1.14 bits per heavy atom. The number of benzene rings is 2. The van der Waals surface area contributed by atoms with Crippen molar-refractivity contribution < 1.29 is 8.42 Å². The first-order valence-corrected chi connectivity index (χ1v) is 7.93. The normalized spacial score (nSPS) is 11.0. The lowest BCUT2D eigenvalue weighted by Crippen LogP contribution is -2.26. The number of aryl methyl sites for hydroxylation is 1. The van der Waals surface area contributed by atoms with Crippen molar-refractivity contribution in [2.75, 3.05) is 11.4 Å². The molecule has 0 bridgehead atoms. The largest absolute Gasteiger partial charge is 0.269 e. The summed E-state index contributed by atoms with van der Waals surface area (Å²) >= 11 is 5.90. The van der Waals surface area contributed by atoms with Crippen LogP contribution in [0.25, 0.3) is 0 Å². The van der Waals surface area contributed by atoms with Gasteiger partial charge in [-0.3, -0.25) is 4.31 Å². The fourth-order valence-electron chi connectivity index (χ4n) is 1.80. The Balaban J connectivity index is 2.44. The summed E-state index contributed by atoms with van der Waals surface area (Å²) in [6, 6.07) is 13.1. The molecule has 2 rings (SSSR count). The highest BCUT2D eigenvalue weighted by molar-refractivity contribution is 7.92. The minimum absolute atomic E-state index is 0.0505. The number of nitriles is 1. The van der Waals surface area contributed by atoms with E-state index in [0.29, 0.717) is 5.69 Å². The highest BCUT2D eigenvalue weighted by Crippen LogP contribution is 2.25. The minimum atomic E-state index is -3.71. The van der Waals surface area contributed by atoms with Crippen molar-refractivity contribution in [2.24, 2.45) is 0 Å². The number of hydrogen-bond donors (Lipinski definition) is 0. The van der Waals surface area contributed by atoms with Crippen LogP contribution in [-0.2, 0) is 10.0 Å². The van der Waals surface area contributed by atoms with E-state index in [1.54, 1.807) is 12.1 Å². The van der Waals surface area contributed by atoms with E-state index >= 15 is 0 Å². The third-order valence-electron chi connectivity index (χ3n) is 3.12. The molecule has 0 radical (unpaired) electrons. The molecule has 0 spiro atoms. The van der Waals surface area contributed by atoms with Crippen molar-refractivity contribution >= 4 is 27.3 Å². The van der Waals surface area contributed by atoms with Crippen LogP contribution in [0.3, 0.4) is 0 Å². The van der Waals surface area contributed by atoms with Crippen molar-refractivity contribution in [3.05, 3.63) is 58.6 Å². The maximum absolute atomic E-state index is 12.6. The van der Waals surface area contributed by atoms with Crippen LogP contribution in [0.4, 0.5) is 5.69 Å². The van der Waals surface area contributed by atoms with Crippen LogP contribution >= 0.6 is 11.6 Å². The second-order valence-corrected chi connectivity index (χ2v) is 6.94. The first-order valence-electron chi connectivity index (χ1n) is 6.11. The van der Waals surface area contributed by atoms with Gasteiger partial charge in [-0.05, 0) is 37.3 Å². The Hall–Kier alpha value is -2.03. The zero-order valence-electron chi connectivity index (χ0n) is 11.5. The maximum atomic E-state index is 12.6. The second-order valence-electron chi connectivity index (χ2n) is 4.56. The molecule has 0 saturated heterocycles. The molecule has 0 aliphatic rings. The summed E-state index contributed by atoms with van der Waals surface area (Å²) in [4.78, 5) is 0.0505. The quantitative estimate of drug-likeness (QED) is 0.871. The van der Waals surface area contributed by atoms with Gasteiger partial charge in [0.15, 0.2) is 0 Å². The lowest BCUT2D eigenvalue weighted by Gasteiger charge is -2.20. The fraction of sp³-hybridized carbons (Fsp3) is 0.133. The third-order valence-corrected chi connectivity index (χ3v) is 5.21. The lowest BCUT2D eigenvalue weighted by atomic mass is 10.2. The molecule has 0 aliphatic carbocycles. The first kappa shape index (κ1) is 15.4. The Morgan fingerprint density at radius 3 is 2.29 bits per heavy atom. The van der Waals surface area contributed by atoms with Crippen LogP contribution < -0.4 is 4.31 Å². The number of rotatable bonds is 3. The van der Waals surface area contributed by atoms with E-state index in [9.17, 15) is 8.42 Å². The maximum Gasteiger partial charge on any atom is 0.264 e. The van der Waals surface area contributed by atoms with Gasteiger partial charge in [-0.15, -0.1) is 0 Å². The highest BCUT2D eigenvalue weighted by Gasteiger charge is 2.22. The van der Waals surface area contributed by atoms with Gasteiger partial charge in [-0.2, -0.15) is 5.26 Å². The summed E-state index contributed by atoms with van der Waals surface area (Å²) in [7, 11) is -2.23. The number of hydrogen-bond acceptors (Lipinski definition) is 3. The number of nitrogens with zero attached hydrogens (tertiary/aromatic N) is 2. The molecule has 0 aliphatic heterocycles. The van der Waals surface area contributed by atoms with Crippen LogP contribution in [0.5, 0.6) is 0 Å². The standard InChI is InChI=1S/C15H13ClN2O2S/c1-11-3-6-13(7-4-11)18(2)21(19,20)14-8-5-12(10-17)15(16)9-14/h3-9H,1-2H3. The van der Waals surface area contributed by atoms with Crippen molar-refractivity contribution in [2.45, 2.75) is 11.8 Å². The number of sulfonamides is 1. The van der Waals surface area contributed by atoms with Crippen molar-refractivity contribution in [3.8, 4) is 6.07 Å². The molecule has 0 fully saturated rings. The Labute approximate surface area is 129 Å². The van der Waals surface area contributed by atoms with E-state index in [-0.39, 0.29) is 15.5 Å². The van der Waals surface area contributed by atoms with Gasteiger partial charge in [0.2, 0.25) is 0 Å². The van der Waals surface area contributed by atoms with Crippen LogP contribution in [-0.4, -0.2) is 15.5 Å². The van der Waals surface area contributed by atoms with E-state index in [2.05, 4.69) is 0 Å². The number of halogens is 1. The minimum Gasteiger partial charge on any atom is -0.269 e. The molecule has 4 nitrogen and oxygen atoms in total. The number of anilines is 1. The SMILES string of the molecule is Cc1ccc(N(C)S(=O)(=O)c2ccc(C#N)c(Cl)c2)cc1. The van der Waals surface area contributed by atoms with Gasteiger partial charge in [-0.1, -0.05) is 29.3 Å². The van der Waals surface area contributed by atoms with Gasteiger partial charge in [0, 0.05) is 7.05 Å². The van der Waals surface area contributed by atoms with Crippen LogP contribution in [0.2, 0.25) is 5.02 Å². The molecule has 0 heterocycles. The molecule has 0 amide bonds. The molecular formula is C15H13ClN2O2S. The van der Waals surface area contributed by atoms with Gasteiger partial charge < -0.3 is 0 Å². The van der Waals surface area contributed by atoms with E-state index in [1.165, 1.54) is 29.6 Å². The van der Waals surface area contributed by atoms with Gasteiger partial charge in [0.1, 0.15) is 6.07 Å². The summed E-state index contributed by atoms with van der Waals surface area (Å²) in [6.45, 7) is 1.93. The molecule has 0 unspecified atom stereocenters. The smallest absolute Gasteiger partial charge is 0.264 e. The van der Waals surface area contributed by atoms with Crippen LogP contribution in [0.15, 0.2) is 47.4 Å². The summed E-state index contributed by atoms with van der Waals surface area (Å²) in [5, 5.41) is 8.95. The average molecular weight is 321 g/mol. The van der Waals surface area contributed by atoms with Gasteiger partial charge in [-0.25, -0.2) is 8.42 Å². The van der Waals surface area contributed by atoms with Gasteiger partial charge in [0.05, 0.1) is 21.2 Å². The van der Waals surface area contributed by atoms with Crippen molar-refractivity contribution in [1.82, 2.24) is 0 Å². The fourth-order valence-corrected chi connectivity index (χ4v) is 3.31. The van der Waals surface area contributed by atoms with Crippen LogP contribution in [0, 0.1) is 18.3 Å². The van der Waals surface area contributed by atoms with Crippen molar-refractivity contribution in [3.63, 3.8) is 0 Å². The molecule has 0 atom stereocenters. The summed E-state index contributed by atoms with van der Waals surface area (Å²) in [5.74, 6) is 0. The molecule has 0 saturated carbocycles. The van der Waals surface area contributed by atoms with Crippen LogP contribution in [0.1, 0.15) is 11.1 Å². The van der Waals surface area contributed by atoms with Crippen molar-refractivity contribution in [1.29, 1.82) is 5.26 Å². The van der Waals surface area contributed by atoms with E-state index in [4.69, 9.17) is 16.9 Å². The lowest BCUT2D eigenvalue weighted by molar-refractivity contribution is 0.594. The third kappa shape index (κ3) is 3.02. The monoisotopic (exact) mass is 320 g/mol. The van der Waals surface area contributed by atoms with E-state index < -0.39 is 10.0 Å². The Bertz CT molecular complexity index is 809. The van der Waals surface area contributed by atoms with E-state index in [1.807, 2.05) is 25.1 Å².